The standard InChI is InChI=1S/C39H47NO2S/c1-10-11-12-13-14-31-21-34(43-33(31)19-20-35(41)42)30-15-17-32(18-16-30)40-38-28(8)24(4)22(2)26(6)36(38)37-27(7)23(3)25(5)29(9)39(37)40/h15-22,26H,10-14H2,1-9H3,(H,41,42)/b20-19+. The zero-order chi connectivity index (χ0) is 31.2. The Morgan fingerprint density at radius 1 is 0.907 bits per heavy atom. The normalized spacial score (nSPS) is 17.0. The fourth-order valence-electron chi connectivity index (χ4n) is 7.06. The summed E-state index contributed by atoms with van der Waals surface area (Å²) in [5, 5.41) is 10.7. The molecule has 1 N–H and O–H groups in total. The van der Waals surface area contributed by atoms with Gasteiger partial charge >= 0.3 is 5.97 Å². The summed E-state index contributed by atoms with van der Waals surface area (Å²) in [6, 6.07) is 11.3. The molecular weight excluding hydrogens is 547 g/mol. The average Bonchev–Trinajstić information content (AvgIpc) is 3.57. The number of fused-ring (bicyclic) bond motifs is 3. The minimum Gasteiger partial charge on any atom is -0.478 e. The van der Waals surface area contributed by atoms with Crippen LogP contribution < -0.4 is 0 Å². The molecule has 3 nitrogen and oxygen atoms in total. The molecule has 43 heavy (non-hydrogen) atoms. The van der Waals surface area contributed by atoms with E-state index in [0.29, 0.717) is 11.8 Å². The molecule has 4 aromatic rings. The van der Waals surface area contributed by atoms with Crippen LogP contribution in [0.25, 0.3) is 38.7 Å². The predicted octanol–water partition coefficient (Wildman–Crippen LogP) is 11.4. The molecule has 2 aromatic carbocycles. The summed E-state index contributed by atoms with van der Waals surface area (Å²) in [4.78, 5) is 13.5. The summed E-state index contributed by atoms with van der Waals surface area (Å²) in [5.41, 5.74) is 16.3. The van der Waals surface area contributed by atoms with E-state index in [2.05, 4.69) is 97.2 Å². The number of hydrogen-bond donors (Lipinski definition) is 1. The van der Waals surface area contributed by atoms with Crippen LogP contribution in [0.1, 0.15) is 110 Å². The Balaban J connectivity index is 1.65. The summed E-state index contributed by atoms with van der Waals surface area (Å²) in [6.45, 7) is 20.8. The average molecular weight is 594 g/mol. The van der Waals surface area contributed by atoms with E-state index in [-0.39, 0.29) is 0 Å². The third-order valence-electron chi connectivity index (χ3n) is 10.4. The van der Waals surface area contributed by atoms with Crippen LogP contribution >= 0.6 is 11.3 Å². The molecule has 0 radical (unpaired) electrons. The molecule has 1 aliphatic carbocycles. The van der Waals surface area contributed by atoms with Gasteiger partial charge in [0.05, 0.1) is 11.2 Å². The molecule has 2 unspecified atom stereocenters. The van der Waals surface area contributed by atoms with Crippen LogP contribution in [0, 0.1) is 33.6 Å². The number of benzene rings is 2. The van der Waals surface area contributed by atoms with Gasteiger partial charge in [0.15, 0.2) is 0 Å². The first-order valence-corrected chi connectivity index (χ1v) is 16.8. The number of nitrogens with zero attached hydrogens (tertiary/aromatic N) is 1. The summed E-state index contributed by atoms with van der Waals surface area (Å²) in [6.07, 6.45) is 8.79. The van der Waals surface area contributed by atoms with Gasteiger partial charge < -0.3 is 9.67 Å². The van der Waals surface area contributed by atoms with Crippen LogP contribution in [0.3, 0.4) is 0 Å². The smallest absolute Gasteiger partial charge is 0.328 e. The molecular formula is C39H47NO2S. The van der Waals surface area contributed by atoms with E-state index in [9.17, 15) is 9.90 Å². The van der Waals surface area contributed by atoms with Gasteiger partial charge in [0.1, 0.15) is 0 Å². The molecule has 0 spiro atoms. The first-order chi connectivity index (χ1) is 20.5. The Morgan fingerprint density at radius 2 is 1.58 bits per heavy atom. The van der Waals surface area contributed by atoms with E-state index in [4.69, 9.17) is 0 Å². The van der Waals surface area contributed by atoms with E-state index in [1.165, 1.54) is 103 Å². The summed E-state index contributed by atoms with van der Waals surface area (Å²) >= 11 is 1.69. The van der Waals surface area contributed by atoms with Gasteiger partial charge in [-0.3, -0.25) is 0 Å². The minimum atomic E-state index is -0.905. The Kier molecular flexibility index (Phi) is 8.90. The second-order valence-corrected chi connectivity index (χ2v) is 13.8. The van der Waals surface area contributed by atoms with Gasteiger partial charge in [0.2, 0.25) is 0 Å². The maximum Gasteiger partial charge on any atom is 0.328 e. The molecule has 5 rings (SSSR count). The van der Waals surface area contributed by atoms with E-state index >= 15 is 0 Å². The summed E-state index contributed by atoms with van der Waals surface area (Å²) < 4.78 is 2.54. The molecule has 2 aromatic heterocycles. The van der Waals surface area contributed by atoms with E-state index in [1.807, 2.05) is 0 Å². The lowest BCUT2D eigenvalue weighted by molar-refractivity contribution is -0.131. The van der Waals surface area contributed by atoms with Crippen molar-refractivity contribution in [3.05, 3.63) is 85.9 Å². The quantitative estimate of drug-likeness (QED) is 0.155. The molecule has 0 fully saturated rings. The largest absolute Gasteiger partial charge is 0.478 e. The van der Waals surface area contributed by atoms with Crippen molar-refractivity contribution in [2.75, 3.05) is 0 Å². The number of carbonyl (C=O) groups is 1. The highest BCUT2D eigenvalue weighted by Crippen LogP contribution is 2.50. The van der Waals surface area contributed by atoms with E-state index < -0.39 is 5.97 Å². The fraction of sp³-hybridized carbons (Fsp3) is 0.410. The van der Waals surface area contributed by atoms with E-state index in [0.717, 1.165) is 17.7 Å². The molecule has 4 heteroatoms. The number of aliphatic carboxylic acids is 1. The highest BCUT2D eigenvalue weighted by Gasteiger charge is 2.34. The topological polar surface area (TPSA) is 42.2 Å². The maximum absolute atomic E-state index is 11.3. The first-order valence-electron chi connectivity index (χ1n) is 15.9. The van der Waals surface area contributed by atoms with Gasteiger partial charge in [-0.15, -0.1) is 11.3 Å². The Morgan fingerprint density at radius 3 is 2.23 bits per heavy atom. The number of unbranched alkanes of at least 4 members (excludes halogenated alkanes) is 3. The summed E-state index contributed by atoms with van der Waals surface area (Å²) in [7, 11) is 0. The molecule has 0 saturated carbocycles. The van der Waals surface area contributed by atoms with Gasteiger partial charge in [0, 0.05) is 26.9 Å². The van der Waals surface area contributed by atoms with Crippen LogP contribution in [0.4, 0.5) is 0 Å². The van der Waals surface area contributed by atoms with Crippen molar-refractivity contribution >= 4 is 39.9 Å². The molecule has 0 bridgehead atoms. The molecule has 2 heterocycles. The van der Waals surface area contributed by atoms with Crippen LogP contribution in [-0.4, -0.2) is 15.6 Å². The number of hydrogen-bond acceptors (Lipinski definition) is 2. The lowest BCUT2D eigenvalue weighted by Gasteiger charge is -2.30. The molecule has 1 aliphatic rings. The number of rotatable bonds is 9. The highest BCUT2D eigenvalue weighted by atomic mass is 32.1. The Hall–Kier alpha value is -3.37. The lowest BCUT2D eigenvalue weighted by Crippen LogP contribution is -2.17. The van der Waals surface area contributed by atoms with Gasteiger partial charge in [0.25, 0.3) is 0 Å². The number of thiophene rings is 1. The zero-order valence-corrected chi connectivity index (χ0v) is 28.3. The van der Waals surface area contributed by atoms with Gasteiger partial charge in [-0.1, -0.05) is 57.7 Å². The molecule has 226 valence electrons. The maximum atomic E-state index is 11.3. The van der Waals surface area contributed by atoms with Gasteiger partial charge in [-0.25, -0.2) is 4.79 Å². The third-order valence-corrected chi connectivity index (χ3v) is 11.6. The van der Waals surface area contributed by atoms with Crippen LogP contribution in [0.5, 0.6) is 0 Å². The monoisotopic (exact) mass is 593 g/mol. The second kappa shape index (κ2) is 12.3. The van der Waals surface area contributed by atoms with Crippen molar-refractivity contribution in [1.29, 1.82) is 0 Å². The molecule has 2 atom stereocenters. The molecule has 0 aliphatic heterocycles. The van der Waals surface area contributed by atoms with Crippen molar-refractivity contribution in [1.82, 2.24) is 4.57 Å². The summed E-state index contributed by atoms with van der Waals surface area (Å²) in [5.74, 6) is 0.0495. The highest BCUT2D eigenvalue weighted by molar-refractivity contribution is 7.16. The number of carboxylic acids is 1. The van der Waals surface area contributed by atoms with Crippen molar-refractivity contribution in [3.63, 3.8) is 0 Å². The zero-order valence-electron chi connectivity index (χ0n) is 27.4. The minimum absolute atomic E-state index is 0.445. The fourth-order valence-corrected chi connectivity index (χ4v) is 8.18. The van der Waals surface area contributed by atoms with Gasteiger partial charge in [-0.05, 0) is 135 Å². The number of carboxylic acid groups (broad SMARTS) is 1. The van der Waals surface area contributed by atoms with Crippen molar-refractivity contribution < 1.29 is 9.90 Å². The van der Waals surface area contributed by atoms with Crippen LogP contribution in [-0.2, 0) is 11.2 Å². The molecule has 0 amide bonds. The van der Waals surface area contributed by atoms with Gasteiger partial charge in [-0.2, -0.15) is 0 Å². The third kappa shape index (κ3) is 5.44. The SMILES string of the molecule is CCCCCCc1cc(-c2ccc(-n3c4c(c5c(C)c(C)c(C)c(C)c53)C(C)C(C)C(C)=C4C)cc2)sc1/C=C/C(=O)O. The predicted molar refractivity (Wildman–Crippen MR) is 186 cm³/mol. The Bertz CT molecular complexity index is 1760. The second-order valence-electron chi connectivity index (χ2n) is 12.7. The Labute approximate surface area is 262 Å². The lowest BCUT2D eigenvalue weighted by atomic mass is 9.75. The van der Waals surface area contributed by atoms with E-state index in [1.54, 1.807) is 17.4 Å². The number of aryl methyl sites for hydroxylation is 3. The first kappa shape index (κ1) is 31.1. The van der Waals surface area contributed by atoms with Crippen LogP contribution in [0.2, 0.25) is 0 Å². The van der Waals surface area contributed by atoms with Crippen molar-refractivity contribution in [2.45, 2.75) is 100 Å². The van der Waals surface area contributed by atoms with Crippen molar-refractivity contribution in [2.24, 2.45) is 5.92 Å². The number of aromatic nitrogens is 1. The van der Waals surface area contributed by atoms with Crippen LogP contribution in [0.15, 0.2) is 42.0 Å². The number of allylic oxidation sites excluding steroid dienone is 2. The molecule has 0 saturated heterocycles. The van der Waals surface area contributed by atoms with Crippen molar-refractivity contribution in [3.8, 4) is 16.1 Å².